The maximum atomic E-state index is 11.1. The summed E-state index contributed by atoms with van der Waals surface area (Å²) in [5.74, 6) is -0.246. The Kier molecular flexibility index (Phi) is 3.03. The van der Waals surface area contributed by atoms with Crippen LogP contribution in [0.3, 0.4) is 0 Å². The molecule has 2 N–H and O–H groups in total. The van der Waals surface area contributed by atoms with E-state index < -0.39 is 0 Å². The van der Waals surface area contributed by atoms with Gasteiger partial charge in [0.25, 0.3) is 0 Å². The van der Waals surface area contributed by atoms with E-state index in [1.54, 1.807) is 0 Å². The van der Waals surface area contributed by atoms with Crippen molar-refractivity contribution in [2.24, 2.45) is 5.73 Å². The minimum atomic E-state index is -0.246. The average molecular weight is 205 g/mol. The lowest BCUT2D eigenvalue weighted by Gasteiger charge is -1.99. The van der Waals surface area contributed by atoms with E-state index in [1.165, 1.54) is 12.3 Å². The van der Waals surface area contributed by atoms with Gasteiger partial charge in [-0.05, 0) is 6.07 Å². The molecule has 12 heavy (non-hydrogen) atoms. The third-order valence-electron chi connectivity index (χ3n) is 1.31. The SMILES string of the molecule is NCC(=O)c1cnc(Cl)cc1Cl. The van der Waals surface area contributed by atoms with Crippen molar-refractivity contribution in [3.63, 3.8) is 0 Å². The zero-order valence-corrected chi connectivity index (χ0v) is 7.56. The van der Waals surface area contributed by atoms with E-state index in [9.17, 15) is 4.79 Å². The summed E-state index contributed by atoms with van der Waals surface area (Å²) >= 11 is 11.2. The molecule has 1 heterocycles. The number of hydrogen-bond donors (Lipinski definition) is 1. The van der Waals surface area contributed by atoms with Crippen LogP contribution in [0.2, 0.25) is 10.2 Å². The van der Waals surface area contributed by atoms with E-state index in [2.05, 4.69) is 4.98 Å². The molecule has 5 heteroatoms. The Morgan fingerprint density at radius 1 is 1.58 bits per heavy atom. The number of carbonyl (C=O) groups excluding carboxylic acids is 1. The summed E-state index contributed by atoms with van der Waals surface area (Å²) in [5, 5.41) is 0.541. The van der Waals surface area contributed by atoms with E-state index in [4.69, 9.17) is 28.9 Å². The number of pyridine rings is 1. The van der Waals surface area contributed by atoms with E-state index >= 15 is 0 Å². The molecule has 1 rings (SSSR count). The highest BCUT2D eigenvalue weighted by atomic mass is 35.5. The summed E-state index contributed by atoms with van der Waals surface area (Å²) in [7, 11) is 0. The van der Waals surface area contributed by atoms with Crippen molar-refractivity contribution in [1.82, 2.24) is 4.98 Å². The molecule has 0 saturated carbocycles. The molecule has 0 radical (unpaired) electrons. The number of halogens is 2. The van der Waals surface area contributed by atoms with Crippen LogP contribution in [0.5, 0.6) is 0 Å². The highest BCUT2D eigenvalue weighted by Crippen LogP contribution is 2.18. The maximum Gasteiger partial charge on any atom is 0.179 e. The second kappa shape index (κ2) is 3.85. The van der Waals surface area contributed by atoms with Crippen LogP contribution in [-0.4, -0.2) is 17.3 Å². The van der Waals surface area contributed by atoms with Crippen LogP contribution < -0.4 is 5.73 Å². The first-order chi connectivity index (χ1) is 5.65. The first-order valence-electron chi connectivity index (χ1n) is 3.19. The predicted molar refractivity (Wildman–Crippen MR) is 47.6 cm³/mol. The van der Waals surface area contributed by atoms with Crippen LogP contribution >= 0.6 is 23.2 Å². The van der Waals surface area contributed by atoms with Gasteiger partial charge in [0.2, 0.25) is 0 Å². The summed E-state index contributed by atoms with van der Waals surface area (Å²) in [4.78, 5) is 14.8. The highest BCUT2D eigenvalue weighted by molar-refractivity contribution is 6.36. The van der Waals surface area contributed by atoms with Gasteiger partial charge in [-0.3, -0.25) is 4.79 Å². The summed E-state index contributed by atoms with van der Waals surface area (Å²) in [6, 6.07) is 1.41. The standard InChI is InChI=1S/C7H6Cl2N2O/c8-5-1-7(9)11-3-4(5)6(12)2-10/h1,3H,2,10H2. The molecule has 0 saturated heterocycles. The van der Waals surface area contributed by atoms with Crippen molar-refractivity contribution in [1.29, 1.82) is 0 Å². The second-order valence-corrected chi connectivity index (χ2v) is 2.91. The van der Waals surface area contributed by atoms with Crippen molar-refractivity contribution >= 4 is 29.0 Å². The fourth-order valence-electron chi connectivity index (χ4n) is 0.723. The third-order valence-corrected chi connectivity index (χ3v) is 1.83. The maximum absolute atomic E-state index is 11.1. The van der Waals surface area contributed by atoms with Crippen LogP contribution in [0, 0.1) is 0 Å². The van der Waals surface area contributed by atoms with Crippen molar-refractivity contribution in [3.05, 3.63) is 28.0 Å². The number of ketones is 1. The fraction of sp³-hybridized carbons (Fsp3) is 0.143. The molecule has 1 aromatic rings. The van der Waals surface area contributed by atoms with E-state index in [-0.39, 0.29) is 22.5 Å². The van der Waals surface area contributed by atoms with Crippen LogP contribution in [-0.2, 0) is 0 Å². The first kappa shape index (κ1) is 9.45. The third kappa shape index (κ3) is 1.94. The average Bonchev–Trinajstić information content (AvgIpc) is 2.03. The van der Waals surface area contributed by atoms with Crippen LogP contribution in [0.15, 0.2) is 12.3 Å². The van der Waals surface area contributed by atoms with Gasteiger partial charge in [-0.2, -0.15) is 0 Å². The summed E-state index contributed by atoms with van der Waals surface area (Å²) in [6.07, 6.45) is 1.32. The number of nitrogens with zero attached hydrogens (tertiary/aromatic N) is 1. The molecule has 0 fully saturated rings. The molecule has 0 aliphatic rings. The molecule has 0 aliphatic heterocycles. The Morgan fingerprint density at radius 2 is 2.25 bits per heavy atom. The van der Waals surface area contributed by atoms with Crippen molar-refractivity contribution in [2.75, 3.05) is 6.54 Å². The monoisotopic (exact) mass is 204 g/mol. The van der Waals surface area contributed by atoms with Gasteiger partial charge in [0.05, 0.1) is 17.1 Å². The molecular formula is C7H6Cl2N2O. The van der Waals surface area contributed by atoms with Gasteiger partial charge >= 0.3 is 0 Å². The van der Waals surface area contributed by atoms with Gasteiger partial charge in [0.1, 0.15) is 5.15 Å². The van der Waals surface area contributed by atoms with Gasteiger partial charge < -0.3 is 5.73 Å². The molecule has 0 bridgehead atoms. The van der Waals surface area contributed by atoms with Gasteiger partial charge in [0.15, 0.2) is 5.78 Å². The zero-order valence-electron chi connectivity index (χ0n) is 6.05. The number of hydrogen-bond acceptors (Lipinski definition) is 3. The van der Waals surface area contributed by atoms with E-state index in [1.807, 2.05) is 0 Å². The Labute approximate surface area is 79.5 Å². The highest BCUT2D eigenvalue weighted by Gasteiger charge is 2.08. The van der Waals surface area contributed by atoms with Gasteiger partial charge in [0, 0.05) is 6.20 Å². The topological polar surface area (TPSA) is 56.0 Å². The lowest BCUT2D eigenvalue weighted by molar-refractivity contribution is 0.100. The summed E-state index contributed by atoms with van der Waals surface area (Å²) in [6.45, 7) is -0.0803. The first-order valence-corrected chi connectivity index (χ1v) is 3.95. The van der Waals surface area contributed by atoms with Crippen LogP contribution in [0.25, 0.3) is 0 Å². The molecule has 3 nitrogen and oxygen atoms in total. The number of aromatic nitrogens is 1. The molecule has 0 amide bonds. The fourth-order valence-corrected chi connectivity index (χ4v) is 1.19. The number of rotatable bonds is 2. The summed E-state index contributed by atoms with van der Waals surface area (Å²) in [5.41, 5.74) is 5.45. The number of Topliss-reactive ketones (excluding diaryl/α,β-unsaturated/α-hetero) is 1. The van der Waals surface area contributed by atoms with Crippen LogP contribution in [0.1, 0.15) is 10.4 Å². The summed E-state index contributed by atoms with van der Waals surface area (Å²) < 4.78 is 0. The molecular weight excluding hydrogens is 199 g/mol. The predicted octanol–water partition coefficient (Wildman–Crippen LogP) is 1.53. The van der Waals surface area contributed by atoms with Crippen molar-refractivity contribution < 1.29 is 4.79 Å². The van der Waals surface area contributed by atoms with Crippen molar-refractivity contribution in [2.45, 2.75) is 0 Å². The zero-order chi connectivity index (χ0) is 9.14. The molecule has 0 spiro atoms. The van der Waals surface area contributed by atoms with Gasteiger partial charge in [-0.25, -0.2) is 4.98 Å². The molecule has 1 aromatic heterocycles. The van der Waals surface area contributed by atoms with E-state index in [0.29, 0.717) is 5.56 Å². The van der Waals surface area contributed by atoms with Crippen LogP contribution in [0.4, 0.5) is 0 Å². The molecule has 0 unspecified atom stereocenters. The largest absolute Gasteiger partial charge is 0.324 e. The van der Waals surface area contributed by atoms with Crippen molar-refractivity contribution in [3.8, 4) is 0 Å². The Morgan fingerprint density at radius 3 is 2.75 bits per heavy atom. The normalized spacial score (nSPS) is 9.92. The Bertz CT molecular complexity index is 314. The smallest absolute Gasteiger partial charge is 0.179 e. The Hall–Kier alpha value is -0.640. The number of carbonyl (C=O) groups is 1. The quantitative estimate of drug-likeness (QED) is 0.588. The minimum Gasteiger partial charge on any atom is -0.324 e. The molecule has 0 aromatic carbocycles. The lowest BCUT2D eigenvalue weighted by atomic mass is 10.2. The second-order valence-electron chi connectivity index (χ2n) is 2.11. The lowest BCUT2D eigenvalue weighted by Crippen LogP contribution is -2.14. The number of nitrogens with two attached hydrogens (primary N) is 1. The minimum absolute atomic E-state index is 0.0803. The molecule has 0 atom stereocenters. The van der Waals surface area contributed by atoms with Gasteiger partial charge in [-0.15, -0.1) is 0 Å². The Balaban J connectivity index is 3.09. The van der Waals surface area contributed by atoms with E-state index in [0.717, 1.165) is 0 Å². The van der Waals surface area contributed by atoms with Gasteiger partial charge in [-0.1, -0.05) is 23.2 Å². The molecule has 0 aliphatic carbocycles. The molecule has 64 valence electrons.